The van der Waals surface area contributed by atoms with Gasteiger partial charge in [0.1, 0.15) is 6.10 Å². The maximum absolute atomic E-state index is 10.7. The number of alkyl halides is 1. The van der Waals surface area contributed by atoms with E-state index in [0.29, 0.717) is 5.56 Å². The number of carbonyl (C=O) groups is 1. The maximum atomic E-state index is 10.7. The third-order valence-electron chi connectivity index (χ3n) is 2.17. The second-order valence-electron chi connectivity index (χ2n) is 3.32. The third-order valence-corrected chi connectivity index (χ3v) is 2.83. The number of nitrogens with two attached hydrogens (primary N) is 1. The normalized spacial score (nSPS) is 14.4. The summed E-state index contributed by atoms with van der Waals surface area (Å²) in [6, 6.07) is 4.08. The van der Waals surface area contributed by atoms with E-state index in [2.05, 4.69) is 15.9 Å². The second kappa shape index (κ2) is 5.29. The highest BCUT2D eigenvalue weighted by Crippen LogP contribution is 2.22. The number of rotatable bonds is 4. The van der Waals surface area contributed by atoms with Gasteiger partial charge in [-0.1, -0.05) is 22.0 Å². The first-order valence-electron chi connectivity index (χ1n) is 4.52. The highest BCUT2D eigenvalue weighted by atomic mass is 79.9. The lowest BCUT2D eigenvalue weighted by molar-refractivity contribution is 0.0343. The Morgan fingerprint density at radius 3 is 2.50 bits per heavy atom. The third kappa shape index (κ3) is 2.72. The Morgan fingerprint density at radius 2 is 2.06 bits per heavy atom. The lowest BCUT2D eigenvalue weighted by Gasteiger charge is -2.16. The molecule has 0 aliphatic carbocycles. The zero-order valence-electron chi connectivity index (χ0n) is 8.30. The molecule has 2 atom stereocenters. The molecule has 88 valence electrons. The SMILES string of the molecule is Nc1cc(C(O)C(O)CBr)ccc1C(=O)O. The minimum atomic E-state index is -1.13. The first-order valence-corrected chi connectivity index (χ1v) is 5.64. The number of carboxylic acid groups (broad SMARTS) is 1. The Morgan fingerprint density at radius 1 is 1.44 bits per heavy atom. The van der Waals surface area contributed by atoms with Crippen molar-refractivity contribution in [3.63, 3.8) is 0 Å². The van der Waals surface area contributed by atoms with Gasteiger partial charge < -0.3 is 21.1 Å². The van der Waals surface area contributed by atoms with Crippen molar-refractivity contribution >= 4 is 27.6 Å². The lowest BCUT2D eigenvalue weighted by Crippen LogP contribution is -2.19. The van der Waals surface area contributed by atoms with E-state index in [-0.39, 0.29) is 16.6 Å². The van der Waals surface area contributed by atoms with Crippen LogP contribution in [0.4, 0.5) is 5.69 Å². The summed E-state index contributed by atoms with van der Waals surface area (Å²) in [5.74, 6) is -1.13. The van der Waals surface area contributed by atoms with E-state index < -0.39 is 18.2 Å². The lowest BCUT2D eigenvalue weighted by atomic mass is 10.0. The van der Waals surface area contributed by atoms with Crippen molar-refractivity contribution in [3.05, 3.63) is 29.3 Å². The van der Waals surface area contributed by atoms with Crippen LogP contribution in [0.1, 0.15) is 22.0 Å². The van der Waals surface area contributed by atoms with Crippen LogP contribution in [0.15, 0.2) is 18.2 Å². The summed E-state index contributed by atoms with van der Waals surface area (Å²) in [7, 11) is 0. The number of halogens is 1. The quantitative estimate of drug-likeness (QED) is 0.484. The first kappa shape index (κ1) is 13.0. The molecule has 0 radical (unpaired) electrons. The molecule has 0 aromatic heterocycles. The van der Waals surface area contributed by atoms with Crippen molar-refractivity contribution in [1.29, 1.82) is 0 Å². The van der Waals surface area contributed by atoms with Crippen molar-refractivity contribution in [2.75, 3.05) is 11.1 Å². The maximum Gasteiger partial charge on any atom is 0.337 e. The second-order valence-corrected chi connectivity index (χ2v) is 3.97. The highest BCUT2D eigenvalue weighted by molar-refractivity contribution is 9.09. The van der Waals surface area contributed by atoms with Crippen LogP contribution in [-0.2, 0) is 0 Å². The molecule has 0 fully saturated rings. The molecule has 0 heterocycles. The van der Waals surface area contributed by atoms with E-state index in [1.54, 1.807) is 0 Å². The number of aliphatic hydroxyl groups is 2. The summed E-state index contributed by atoms with van der Waals surface area (Å²) < 4.78 is 0. The molecule has 16 heavy (non-hydrogen) atoms. The number of aliphatic hydroxyl groups excluding tert-OH is 2. The van der Waals surface area contributed by atoms with Gasteiger partial charge >= 0.3 is 5.97 Å². The molecule has 1 aromatic carbocycles. The van der Waals surface area contributed by atoms with E-state index in [4.69, 9.17) is 10.8 Å². The van der Waals surface area contributed by atoms with Gasteiger partial charge in [0.05, 0.1) is 11.7 Å². The molecule has 6 heteroatoms. The zero-order chi connectivity index (χ0) is 12.3. The van der Waals surface area contributed by atoms with E-state index in [0.717, 1.165) is 0 Å². The van der Waals surface area contributed by atoms with Gasteiger partial charge in [-0.05, 0) is 17.7 Å². The van der Waals surface area contributed by atoms with Crippen LogP contribution >= 0.6 is 15.9 Å². The molecule has 0 bridgehead atoms. The average molecular weight is 290 g/mol. The molecule has 0 amide bonds. The van der Waals surface area contributed by atoms with Gasteiger partial charge in [0.2, 0.25) is 0 Å². The fourth-order valence-electron chi connectivity index (χ4n) is 1.27. The summed E-state index contributed by atoms with van der Waals surface area (Å²) >= 11 is 3.03. The molecule has 2 unspecified atom stereocenters. The Labute approximate surface area is 101 Å². The number of aromatic carboxylic acids is 1. The number of carboxylic acids is 1. The fourth-order valence-corrected chi connectivity index (χ4v) is 1.62. The zero-order valence-corrected chi connectivity index (χ0v) is 9.89. The van der Waals surface area contributed by atoms with Crippen molar-refractivity contribution < 1.29 is 20.1 Å². The van der Waals surface area contributed by atoms with Crippen molar-refractivity contribution in [2.45, 2.75) is 12.2 Å². The van der Waals surface area contributed by atoms with Crippen LogP contribution in [0, 0.1) is 0 Å². The molecular formula is C10H12BrNO4. The summed E-state index contributed by atoms with van der Waals surface area (Å²) in [4.78, 5) is 10.7. The molecule has 5 N–H and O–H groups in total. The molecule has 0 saturated carbocycles. The van der Waals surface area contributed by atoms with E-state index in [1.807, 2.05) is 0 Å². The highest BCUT2D eigenvalue weighted by Gasteiger charge is 2.18. The minimum absolute atomic E-state index is 0.0238. The van der Waals surface area contributed by atoms with Crippen LogP contribution in [0.3, 0.4) is 0 Å². The molecule has 0 aliphatic rings. The summed E-state index contributed by atoms with van der Waals surface area (Å²) in [6.07, 6.45) is -2.06. The smallest absolute Gasteiger partial charge is 0.337 e. The Hall–Kier alpha value is -1.11. The van der Waals surface area contributed by atoms with Crippen LogP contribution in [-0.4, -0.2) is 32.7 Å². The van der Waals surface area contributed by atoms with Crippen LogP contribution in [0.2, 0.25) is 0 Å². The number of hydrogen-bond acceptors (Lipinski definition) is 4. The number of hydrogen-bond donors (Lipinski definition) is 4. The molecular weight excluding hydrogens is 278 g/mol. The first-order chi connectivity index (χ1) is 7.47. The van der Waals surface area contributed by atoms with Gasteiger partial charge in [-0.25, -0.2) is 4.79 Å². The van der Waals surface area contributed by atoms with Crippen LogP contribution < -0.4 is 5.73 Å². The fraction of sp³-hybridized carbons (Fsp3) is 0.300. The predicted octanol–water partition coefficient (Wildman–Crippen LogP) is 0.756. The number of nitrogen functional groups attached to an aromatic ring is 1. The topological polar surface area (TPSA) is 104 Å². The van der Waals surface area contributed by atoms with Gasteiger partial charge in [0.25, 0.3) is 0 Å². The molecule has 5 nitrogen and oxygen atoms in total. The molecule has 1 rings (SSSR count). The largest absolute Gasteiger partial charge is 0.478 e. The van der Waals surface area contributed by atoms with Gasteiger partial charge in [-0.3, -0.25) is 0 Å². The van der Waals surface area contributed by atoms with E-state index in [1.165, 1.54) is 18.2 Å². The van der Waals surface area contributed by atoms with Crippen LogP contribution in [0.25, 0.3) is 0 Å². The van der Waals surface area contributed by atoms with Gasteiger partial charge in [0, 0.05) is 11.0 Å². The molecule has 0 aliphatic heterocycles. The number of anilines is 1. The van der Waals surface area contributed by atoms with E-state index >= 15 is 0 Å². The molecule has 0 saturated heterocycles. The van der Waals surface area contributed by atoms with Crippen LogP contribution in [0.5, 0.6) is 0 Å². The standard InChI is InChI=1S/C10H12BrNO4/c11-4-8(13)9(14)5-1-2-6(10(15)16)7(12)3-5/h1-3,8-9,13-14H,4,12H2,(H,15,16). The van der Waals surface area contributed by atoms with Crippen molar-refractivity contribution in [2.24, 2.45) is 0 Å². The summed E-state index contributed by atoms with van der Waals surface area (Å²) in [6.45, 7) is 0. The molecule has 0 spiro atoms. The van der Waals surface area contributed by atoms with Gasteiger partial charge in [0.15, 0.2) is 0 Å². The summed E-state index contributed by atoms with van der Waals surface area (Å²) in [5, 5.41) is 28.0. The Bertz CT molecular complexity index is 396. The van der Waals surface area contributed by atoms with Crippen molar-refractivity contribution in [3.8, 4) is 0 Å². The minimum Gasteiger partial charge on any atom is -0.478 e. The number of benzene rings is 1. The van der Waals surface area contributed by atoms with Gasteiger partial charge in [-0.2, -0.15) is 0 Å². The Kier molecular flexibility index (Phi) is 4.28. The predicted molar refractivity (Wildman–Crippen MR) is 62.6 cm³/mol. The molecule has 1 aromatic rings. The Balaban J connectivity index is 3.01. The monoisotopic (exact) mass is 289 g/mol. The van der Waals surface area contributed by atoms with Gasteiger partial charge in [-0.15, -0.1) is 0 Å². The average Bonchev–Trinajstić information content (AvgIpc) is 2.26. The van der Waals surface area contributed by atoms with E-state index in [9.17, 15) is 15.0 Å². The summed E-state index contributed by atoms with van der Waals surface area (Å²) in [5.41, 5.74) is 5.94. The van der Waals surface area contributed by atoms with Crippen molar-refractivity contribution in [1.82, 2.24) is 0 Å².